The lowest BCUT2D eigenvalue weighted by Gasteiger charge is -2.19. The summed E-state index contributed by atoms with van der Waals surface area (Å²) in [7, 11) is -3.57. The minimum atomic E-state index is -3.57. The van der Waals surface area contributed by atoms with Crippen molar-refractivity contribution in [2.24, 2.45) is 5.92 Å². The number of urea groups is 1. The van der Waals surface area contributed by atoms with E-state index in [2.05, 4.69) is 16.0 Å². The van der Waals surface area contributed by atoms with Crippen LogP contribution in [-0.4, -0.2) is 50.8 Å². The molecular formula is C17H28N4O4S. The molecule has 0 aliphatic heterocycles. The van der Waals surface area contributed by atoms with Crippen LogP contribution in [0.5, 0.6) is 0 Å². The summed E-state index contributed by atoms with van der Waals surface area (Å²) in [6, 6.07) is 5.69. The smallest absolute Gasteiger partial charge is 0.321 e. The maximum atomic E-state index is 12.5. The number of benzene rings is 1. The number of anilines is 1. The predicted octanol–water partition coefficient (Wildman–Crippen LogP) is 1.61. The van der Waals surface area contributed by atoms with Crippen LogP contribution in [0.1, 0.15) is 27.7 Å². The average molecular weight is 385 g/mol. The van der Waals surface area contributed by atoms with Crippen LogP contribution >= 0.6 is 0 Å². The Morgan fingerprint density at radius 2 is 1.81 bits per heavy atom. The zero-order valence-corrected chi connectivity index (χ0v) is 16.5. The van der Waals surface area contributed by atoms with E-state index in [1.807, 2.05) is 13.8 Å². The van der Waals surface area contributed by atoms with Crippen molar-refractivity contribution in [2.45, 2.75) is 32.6 Å². The van der Waals surface area contributed by atoms with Crippen molar-refractivity contribution < 1.29 is 18.0 Å². The number of carbonyl (C=O) groups is 2. The van der Waals surface area contributed by atoms with Crippen LogP contribution in [0.15, 0.2) is 29.2 Å². The van der Waals surface area contributed by atoms with Crippen molar-refractivity contribution in [2.75, 3.05) is 31.5 Å². The number of nitrogens with zero attached hydrogens (tertiary/aromatic N) is 1. The molecule has 0 fully saturated rings. The van der Waals surface area contributed by atoms with Crippen LogP contribution in [0.25, 0.3) is 0 Å². The van der Waals surface area contributed by atoms with Crippen LogP contribution in [-0.2, 0) is 14.8 Å². The number of hydrogen-bond donors (Lipinski definition) is 3. The second-order valence-electron chi connectivity index (χ2n) is 6.12. The highest BCUT2D eigenvalue weighted by Crippen LogP contribution is 2.19. The van der Waals surface area contributed by atoms with Gasteiger partial charge in [0.15, 0.2) is 0 Å². The van der Waals surface area contributed by atoms with Crippen molar-refractivity contribution in [3.05, 3.63) is 24.3 Å². The van der Waals surface area contributed by atoms with Gasteiger partial charge in [-0.1, -0.05) is 33.8 Å². The van der Waals surface area contributed by atoms with Crippen LogP contribution < -0.4 is 16.0 Å². The summed E-state index contributed by atoms with van der Waals surface area (Å²) in [5.41, 5.74) is 0.482. The lowest BCUT2D eigenvalue weighted by molar-refractivity contribution is -0.118. The van der Waals surface area contributed by atoms with E-state index in [0.717, 1.165) is 0 Å². The fourth-order valence-electron chi connectivity index (χ4n) is 2.17. The van der Waals surface area contributed by atoms with E-state index in [1.54, 1.807) is 26.0 Å². The van der Waals surface area contributed by atoms with Gasteiger partial charge in [-0.2, -0.15) is 4.31 Å². The lowest BCUT2D eigenvalue weighted by atomic mass is 10.2. The van der Waals surface area contributed by atoms with Gasteiger partial charge in [0.25, 0.3) is 0 Å². The van der Waals surface area contributed by atoms with Crippen molar-refractivity contribution in [3.63, 3.8) is 0 Å². The van der Waals surface area contributed by atoms with E-state index >= 15 is 0 Å². The molecule has 0 spiro atoms. The van der Waals surface area contributed by atoms with Crippen molar-refractivity contribution in [3.8, 4) is 0 Å². The topological polar surface area (TPSA) is 108 Å². The molecular weight excluding hydrogens is 356 g/mol. The lowest BCUT2D eigenvalue weighted by Crippen LogP contribution is -2.43. The van der Waals surface area contributed by atoms with E-state index in [0.29, 0.717) is 25.3 Å². The number of nitrogens with one attached hydrogen (secondary N) is 3. The summed E-state index contributed by atoms with van der Waals surface area (Å²) < 4.78 is 26.4. The van der Waals surface area contributed by atoms with Gasteiger partial charge in [0, 0.05) is 25.3 Å². The van der Waals surface area contributed by atoms with E-state index in [-0.39, 0.29) is 17.4 Å². The largest absolute Gasteiger partial charge is 0.376 e. The summed E-state index contributed by atoms with van der Waals surface area (Å²) in [4.78, 5) is 23.5. The van der Waals surface area contributed by atoms with Crippen LogP contribution in [0.2, 0.25) is 0 Å². The van der Waals surface area contributed by atoms with Gasteiger partial charge in [-0.05, 0) is 24.1 Å². The summed E-state index contributed by atoms with van der Waals surface area (Å²) in [6.45, 7) is 8.53. The standard InChI is InChI=1S/C17H28N4O4S/c1-5-21(6-2)26(24,25)15-9-7-8-14(10-15)18-12-16(22)20-17(23)19-11-13(3)4/h7-10,13,18H,5-6,11-12H2,1-4H3,(H2,19,20,22,23). The first-order chi connectivity index (χ1) is 12.2. The molecule has 0 saturated heterocycles. The molecule has 3 N–H and O–H groups in total. The second-order valence-corrected chi connectivity index (χ2v) is 8.06. The van der Waals surface area contributed by atoms with Crippen LogP contribution in [0.3, 0.4) is 0 Å². The maximum Gasteiger partial charge on any atom is 0.321 e. The molecule has 0 unspecified atom stereocenters. The van der Waals surface area contributed by atoms with Gasteiger partial charge in [0.1, 0.15) is 0 Å². The Balaban J connectivity index is 2.67. The monoisotopic (exact) mass is 384 g/mol. The Labute approximate surface area is 155 Å². The maximum absolute atomic E-state index is 12.5. The zero-order chi connectivity index (χ0) is 19.7. The van der Waals surface area contributed by atoms with Crippen molar-refractivity contribution >= 4 is 27.6 Å². The fourth-order valence-corrected chi connectivity index (χ4v) is 3.68. The highest BCUT2D eigenvalue weighted by molar-refractivity contribution is 7.89. The first kappa shape index (κ1) is 21.9. The molecule has 1 aromatic rings. The van der Waals surface area contributed by atoms with Crippen LogP contribution in [0.4, 0.5) is 10.5 Å². The Hall–Kier alpha value is -2.13. The van der Waals surface area contributed by atoms with Gasteiger partial charge < -0.3 is 10.6 Å². The molecule has 146 valence electrons. The molecule has 1 aromatic carbocycles. The molecule has 0 radical (unpaired) electrons. The Kier molecular flexibility index (Phi) is 8.53. The average Bonchev–Trinajstić information content (AvgIpc) is 2.59. The molecule has 0 aliphatic rings. The van der Waals surface area contributed by atoms with Crippen molar-refractivity contribution in [1.82, 2.24) is 14.9 Å². The molecule has 0 saturated carbocycles. The molecule has 8 nitrogen and oxygen atoms in total. The molecule has 0 atom stereocenters. The van der Waals surface area contributed by atoms with E-state index in [4.69, 9.17) is 0 Å². The second kappa shape index (κ2) is 10.1. The Morgan fingerprint density at radius 1 is 1.15 bits per heavy atom. The summed E-state index contributed by atoms with van der Waals surface area (Å²) in [6.07, 6.45) is 0. The third-order valence-corrected chi connectivity index (χ3v) is 5.60. The van der Waals surface area contributed by atoms with Crippen LogP contribution in [0, 0.1) is 5.92 Å². The molecule has 26 heavy (non-hydrogen) atoms. The Bertz CT molecular complexity index is 715. The number of amides is 3. The van der Waals surface area contributed by atoms with E-state index in [9.17, 15) is 18.0 Å². The molecule has 9 heteroatoms. The van der Waals surface area contributed by atoms with Gasteiger partial charge in [0.2, 0.25) is 15.9 Å². The zero-order valence-electron chi connectivity index (χ0n) is 15.7. The number of carbonyl (C=O) groups excluding carboxylic acids is 2. The summed E-state index contributed by atoms with van der Waals surface area (Å²) in [5, 5.41) is 7.62. The number of sulfonamides is 1. The van der Waals surface area contributed by atoms with Gasteiger partial charge in [0.05, 0.1) is 11.4 Å². The third-order valence-electron chi connectivity index (χ3n) is 3.55. The van der Waals surface area contributed by atoms with Gasteiger partial charge in [-0.25, -0.2) is 13.2 Å². The fraction of sp³-hybridized carbons (Fsp3) is 0.529. The number of hydrogen-bond acceptors (Lipinski definition) is 5. The molecule has 0 heterocycles. The highest BCUT2D eigenvalue weighted by Gasteiger charge is 2.21. The molecule has 1 rings (SSSR count). The third kappa shape index (κ3) is 6.64. The van der Waals surface area contributed by atoms with Gasteiger partial charge in [-0.15, -0.1) is 0 Å². The highest BCUT2D eigenvalue weighted by atomic mass is 32.2. The Morgan fingerprint density at radius 3 is 2.38 bits per heavy atom. The molecule has 3 amide bonds. The SMILES string of the molecule is CCN(CC)S(=O)(=O)c1cccc(NCC(=O)NC(=O)NCC(C)C)c1. The summed E-state index contributed by atoms with van der Waals surface area (Å²) >= 11 is 0. The molecule has 0 bridgehead atoms. The van der Waals surface area contributed by atoms with E-state index in [1.165, 1.54) is 16.4 Å². The minimum Gasteiger partial charge on any atom is -0.376 e. The van der Waals surface area contributed by atoms with Crippen molar-refractivity contribution in [1.29, 1.82) is 0 Å². The molecule has 0 aromatic heterocycles. The summed E-state index contributed by atoms with van der Waals surface area (Å²) in [5.74, 6) is -0.229. The quantitative estimate of drug-likeness (QED) is 0.599. The predicted molar refractivity (Wildman–Crippen MR) is 101 cm³/mol. The minimum absolute atomic E-state index is 0.149. The van der Waals surface area contributed by atoms with Gasteiger partial charge >= 0.3 is 6.03 Å². The first-order valence-electron chi connectivity index (χ1n) is 8.62. The normalized spacial score (nSPS) is 11.5. The number of imide groups is 1. The number of rotatable bonds is 9. The molecule has 0 aliphatic carbocycles. The first-order valence-corrected chi connectivity index (χ1v) is 10.1. The van der Waals surface area contributed by atoms with Gasteiger partial charge in [-0.3, -0.25) is 10.1 Å². The van der Waals surface area contributed by atoms with E-state index < -0.39 is 22.0 Å².